The molecule has 6 heteroatoms. The summed E-state index contributed by atoms with van der Waals surface area (Å²) in [4.78, 5) is 12.0. The second-order valence-corrected chi connectivity index (χ2v) is 5.24. The third-order valence-corrected chi connectivity index (χ3v) is 3.00. The van der Waals surface area contributed by atoms with Gasteiger partial charge in [-0.2, -0.15) is 9.97 Å². The van der Waals surface area contributed by atoms with Gasteiger partial charge in [-0.1, -0.05) is 26.0 Å². The van der Waals surface area contributed by atoms with E-state index < -0.39 is 0 Å². The molecule has 0 bridgehead atoms. The van der Waals surface area contributed by atoms with Crippen molar-refractivity contribution < 1.29 is 9.47 Å². The lowest BCUT2D eigenvalue weighted by molar-refractivity contribution is 0.302. The van der Waals surface area contributed by atoms with E-state index in [0.717, 1.165) is 16.9 Å². The second kappa shape index (κ2) is 6.72. The minimum absolute atomic E-state index is 0.0437. The third kappa shape index (κ3) is 4.04. The van der Waals surface area contributed by atoms with Crippen LogP contribution in [0.2, 0.25) is 5.28 Å². The van der Waals surface area contributed by atoms with Gasteiger partial charge in [-0.3, -0.25) is 0 Å². The maximum atomic E-state index is 5.86. The molecule has 2 aromatic rings. The van der Waals surface area contributed by atoms with Gasteiger partial charge < -0.3 is 9.47 Å². The first kappa shape index (κ1) is 15.5. The average Bonchev–Trinajstić information content (AvgIpc) is 2.38. The van der Waals surface area contributed by atoms with E-state index in [9.17, 15) is 0 Å². The summed E-state index contributed by atoms with van der Waals surface area (Å²) in [6, 6.07) is 6.33. The number of halogens is 1. The summed E-state index contributed by atoms with van der Waals surface area (Å²) in [5.41, 5.74) is 2.18. The van der Waals surface area contributed by atoms with Gasteiger partial charge >= 0.3 is 12.0 Å². The highest BCUT2D eigenvalue weighted by Gasteiger charge is 2.13. The molecule has 1 aromatic heterocycles. The smallest absolute Gasteiger partial charge is 0.329 e. The molecule has 2 rings (SSSR count). The van der Waals surface area contributed by atoms with Crippen molar-refractivity contribution in [3.8, 4) is 17.8 Å². The Kier molecular flexibility index (Phi) is 4.96. The lowest BCUT2D eigenvalue weighted by Crippen LogP contribution is -2.03. The summed E-state index contributed by atoms with van der Waals surface area (Å²) in [5.74, 6) is 1.04. The molecule has 1 heterocycles. The van der Waals surface area contributed by atoms with Gasteiger partial charge in [-0.15, -0.1) is 4.98 Å². The molecule has 0 amide bonds. The van der Waals surface area contributed by atoms with Crippen LogP contribution in [0.1, 0.15) is 37.8 Å². The first-order chi connectivity index (χ1) is 9.99. The van der Waals surface area contributed by atoms with Crippen molar-refractivity contribution in [1.29, 1.82) is 0 Å². The van der Waals surface area contributed by atoms with E-state index in [2.05, 4.69) is 28.8 Å². The fraction of sp³-hybridized carbons (Fsp3) is 0.400. The van der Waals surface area contributed by atoms with Crippen LogP contribution in [0, 0.1) is 6.92 Å². The standard InChI is InChI=1S/C15H18ClN3O2/c1-5-20-14-17-13(16)18-15(19-14)21-12-8-10(4)6-7-11(12)9(2)3/h6-9H,5H2,1-4H3. The number of nitrogens with zero attached hydrogens (tertiary/aromatic N) is 3. The molecule has 0 aliphatic heterocycles. The fourth-order valence-electron chi connectivity index (χ4n) is 1.86. The molecule has 0 atom stereocenters. The Morgan fingerprint density at radius 2 is 1.86 bits per heavy atom. The summed E-state index contributed by atoms with van der Waals surface area (Å²) in [7, 11) is 0. The van der Waals surface area contributed by atoms with Crippen molar-refractivity contribution in [2.45, 2.75) is 33.6 Å². The zero-order valence-corrected chi connectivity index (χ0v) is 13.3. The molecule has 0 fully saturated rings. The molecule has 0 aliphatic carbocycles. The molecule has 0 saturated carbocycles. The predicted octanol–water partition coefficient (Wildman–Crippen LogP) is 4.15. The van der Waals surface area contributed by atoms with Gasteiger partial charge in [0.25, 0.3) is 0 Å². The van der Waals surface area contributed by atoms with E-state index in [1.54, 1.807) is 0 Å². The van der Waals surface area contributed by atoms with Crippen LogP contribution < -0.4 is 9.47 Å². The number of hydrogen-bond acceptors (Lipinski definition) is 5. The lowest BCUT2D eigenvalue weighted by Gasteiger charge is -2.13. The Balaban J connectivity index is 2.35. The van der Waals surface area contributed by atoms with E-state index >= 15 is 0 Å². The molecule has 1 aromatic carbocycles. The number of hydrogen-bond donors (Lipinski definition) is 0. The Bertz CT molecular complexity index is 632. The van der Waals surface area contributed by atoms with Crippen molar-refractivity contribution in [2.24, 2.45) is 0 Å². The van der Waals surface area contributed by atoms with Crippen LogP contribution in [-0.2, 0) is 0 Å². The summed E-state index contributed by atoms with van der Waals surface area (Å²) in [5, 5.41) is 0.0437. The molecule has 112 valence electrons. The molecule has 0 N–H and O–H groups in total. The maximum Gasteiger partial charge on any atom is 0.329 e. The minimum Gasteiger partial charge on any atom is -0.464 e. The fourth-order valence-corrected chi connectivity index (χ4v) is 2.00. The number of ether oxygens (including phenoxy) is 2. The van der Waals surface area contributed by atoms with E-state index in [1.807, 2.05) is 32.0 Å². The molecule has 0 saturated heterocycles. The van der Waals surface area contributed by atoms with Crippen molar-refractivity contribution in [3.05, 3.63) is 34.6 Å². The highest BCUT2D eigenvalue weighted by Crippen LogP contribution is 2.30. The van der Waals surface area contributed by atoms with Gasteiger partial charge in [0.1, 0.15) is 5.75 Å². The highest BCUT2D eigenvalue weighted by atomic mass is 35.5. The molecule has 0 spiro atoms. The second-order valence-electron chi connectivity index (χ2n) is 4.90. The zero-order chi connectivity index (χ0) is 15.4. The summed E-state index contributed by atoms with van der Waals surface area (Å²) < 4.78 is 11.0. The van der Waals surface area contributed by atoms with Crippen LogP contribution in [0.15, 0.2) is 18.2 Å². The van der Waals surface area contributed by atoms with Crippen LogP contribution in [-0.4, -0.2) is 21.6 Å². The van der Waals surface area contributed by atoms with Crippen molar-refractivity contribution in [3.63, 3.8) is 0 Å². The normalized spacial score (nSPS) is 10.8. The molecule has 0 aliphatic rings. The minimum atomic E-state index is 0.0437. The van der Waals surface area contributed by atoms with Gasteiger partial charge in [-0.25, -0.2) is 0 Å². The van der Waals surface area contributed by atoms with Gasteiger partial charge in [0, 0.05) is 0 Å². The van der Waals surface area contributed by atoms with Crippen molar-refractivity contribution >= 4 is 11.6 Å². The number of aromatic nitrogens is 3. The van der Waals surface area contributed by atoms with E-state index in [1.165, 1.54) is 0 Å². The molecule has 21 heavy (non-hydrogen) atoms. The number of aryl methyl sites for hydroxylation is 1. The SMILES string of the molecule is CCOc1nc(Cl)nc(Oc2cc(C)ccc2C(C)C)n1. The number of benzene rings is 1. The maximum absolute atomic E-state index is 5.86. The predicted molar refractivity (Wildman–Crippen MR) is 81.3 cm³/mol. The van der Waals surface area contributed by atoms with E-state index in [-0.39, 0.29) is 17.3 Å². The highest BCUT2D eigenvalue weighted by molar-refractivity contribution is 6.28. The zero-order valence-electron chi connectivity index (χ0n) is 12.6. The topological polar surface area (TPSA) is 57.1 Å². The van der Waals surface area contributed by atoms with E-state index in [0.29, 0.717) is 12.5 Å². The van der Waals surface area contributed by atoms with E-state index in [4.69, 9.17) is 21.1 Å². The quantitative estimate of drug-likeness (QED) is 0.830. The number of rotatable bonds is 5. The van der Waals surface area contributed by atoms with Crippen LogP contribution >= 0.6 is 11.6 Å². The summed E-state index contributed by atoms with van der Waals surface area (Å²) in [6.45, 7) is 8.49. The molecular formula is C15H18ClN3O2. The molecule has 0 unspecified atom stereocenters. The van der Waals surface area contributed by atoms with Crippen molar-refractivity contribution in [1.82, 2.24) is 15.0 Å². The van der Waals surface area contributed by atoms with Gasteiger partial charge in [0.15, 0.2) is 0 Å². The largest absolute Gasteiger partial charge is 0.464 e. The van der Waals surface area contributed by atoms with Crippen LogP contribution in [0.3, 0.4) is 0 Å². The summed E-state index contributed by atoms with van der Waals surface area (Å²) in [6.07, 6.45) is 0. The van der Waals surface area contributed by atoms with Crippen LogP contribution in [0.4, 0.5) is 0 Å². The van der Waals surface area contributed by atoms with Gasteiger partial charge in [-0.05, 0) is 48.6 Å². The van der Waals surface area contributed by atoms with Gasteiger partial charge in [0.05, 0.1) is 6.61 Å². The molecule has 5 nitrogen and oxygen atoms in total. The molecule has 0 radical (unpaired) electrons. The Labute approximate surface area is 129 Å². The van der Waals surface area contributed by atoms with Crippen molar-refractivity contribution in [2.75, 3.05) is 6.61 Å². The Hall–Kier alpha value is -1.88. The Morgan fingerprint density at radius 1 is 1.14 bits per heavy atom. The third-order valence-electron chi connectivity index (χ3n) is 2.83. The Morgan fingerprint density at radius 3 is 2.52 bits per heavy atom. The molecular weight excluding hydrogens is 290 g/mol. The average molecular weight is 308 g/mol. The first-order valence-electron chi connectivity index (χ1n) is 6.82. The summed E-state index contributed by atoms with van der Waals surface area (Å²) >= 11 is 5.86. The van der Waals surface area contributed by atoms with Crippen LogP contribution in [0.5, 0.6) is 17.8 Å². The first-order valence-corrected chi connectivity index (χ1v) is 7.20. The van der Waals surface area contributed by atoms with Gasteiger partial charge in [0.2, 0.25) is 5.28 Å². The van der Waals surface area contributed by atoms with Crippen LogP contribution in [0.25, 0.3) is 0 Å². The lowest BCUT2D eigenvalue weighted by atomic mass is 10.0. The monoisotopic (exact) mass is 307 g/mol.